The molecule has 2 heterocycles. The number of hydrogen-bond acceptors (Lipinski definition) is 9. The fraction of sp³-hybridized carbons (Fsp3) is 0.263. The van der Waals surface area contributed by atoms with Gasteiger partial charge < -0.3 is 33.6 Å². The van der Waals surface area contributed by atoms with Gasteiger partial charge in [-0.25, -0.2) is 9.59 Å². The lowest BCUT2D eigenvalue weighted by Crippen LogP contribution is -2.32. The van der Waals surface area contributed by atoms with E-state index in [0.29, 0.717) is 39.9 Å². The molecule has 0 atom stereocenters. The fourth-order valence-corrected chi connectivity index (χ4v) is 5.05. The number of nitrogens with zero attached hydrogens (tertiary/aromatic N) is 3. The zero-order valence-corrected chi connectivity index (χ0v) is 30.7. The van der Waals surface area contributed by atoms with E-state index in [-0.39, 0.29) is 35.1 Å². The van der Waals surface area contributed by atoms with Crippen LogP contribution >= 0.6 is 0 Å². The summed E-state index contributed by atoms with van der Waals surface area (Å²) in [4.78, 5) is 48.3. The maximum atomic E-state index is 12.3. The van der Waals surface area contributed by atoms with Crippen LogP contribution in [0.5, 0.6) is 11.5 Å². The Morgan fingerprint density at radius 3 is 1.39 bits per heavy atom. The number of carbonyl (C=O) groups excluding carboxylic acids is 1. The topological polar surface area (TPSA) is 158 Å². The second-order valence-corrected chi connectivity index (χ2v) is 11.9. The summed E-state index contributed by atoms with van der Waals surface area (Å²) in [6.45, 7) is 4.73. The molecule has 0 saturated heterocycles. The van der Waals surface area contributed by atoms with Gasteiger partial charge in [0.1, 0.15) is 24.6 Å². The highest BCUT2D eigenvalue weighted by molar-refractivity contribution is 5.84. The molecule has 0 bridgehead atoms. The molecule has 0 radical (unpaired) electrons. The summed E-state index contributed by atoms with van der Waals surface area (Å²) in [6.07, 6.45) is -9.53. The van der Waals surface area contributed by atoms with Crippen LogP contribution in [0.1, 0.15) is 13.8 Å². The minimum absolute atomic E-state index is 0.169. The van der Waals surface area contributed by atoms with Gasteiger partial charge in [0.25, 0.3) is 0 Å². The largest absolute Gasteiger partial charge is 0.573 e. The number of carboxylic acids is 1. The van der Waals surface area contributed by atoms with Crippen LogP contribution in [-0.4, -0.2) is 70.9 Å². The number of fused-ring (bicyclic) bond motifs is 2. The third-order valence-corrected chi connectivity index (χ3v) is 8.02. The lowest BCUT2D eigenvalue weighted by atomic mass is 10.1. The van der Waals surface area contributed by atoms with Crippen molar-refractivity contribution in [1.29, 1.82) is 0 Å². The van der Waals surface area contributed by atoms with Gasteiger partial charge in [0.15, 0.2) is 11.2 Å². The maximum absolute atomic E-state index is 12.3. The van der Waals surface area contributed by atoms with Crippen molar-refractivity contribution in [3.63, 3.8) is 0 Å². The first-order valence-electron chi connectivity index (χ1n) is 16.9. The first kappa shape index (κ1) is 43.2. The summed E-state index contributed by atoms with van der Waals surface area (Å²) in [5, 5.41) is 11.8. The number of halogens is 6. The molecule has 6 aromatic rings. The number of hydrogen-bond donors (Lipinski definition) is 2. The van der Waals surface area contributed by atoms with Crippen molar-refractivity contribution in [2.24, 2.45) is 0 Å². The maximum Gasteiger partial charge on any atom is 0.573 e. The molecule has 4 aromatic carbocycles. The highest BCUT2D eigenvalue weighted by Gasteiger charge is 2.31. The average molecular weight is 807 g/mol. The molecule has 1 amide bonds. The van der Waals surface area contributed by atoms with Gasteiger partial charge in [-0.3, -0.25) is 18.7 Å². The Hall–Kier alpha value is -6.50. The number of oxazole rings is 2. The summed E-state index contributed by atoms with van der Waals surface area (Å²) in [5.74, 6) is -3.59. The molecule has 304 valence electrons. The average Bonchev–Trinajstić information content (AvgIpc) is 3.63. The van der Waals surface area contributed by atoms with E-state index in [4.69, 9.17) is 13.9 Å². The minimum Gasteiger partial charge on any atom is -0.480 e. The quantitative estimate of drug-likeness (QED) is 0.137. The zero-order chi connectivity index (χ0) is 42.1. The Labute approximate surface area is 319 Å². The van der Waals surface area contributed by atoms with E-state index in [2.05, 4.69) is 21.7 Å². The third-order valence-electron chi connectivity index (χ3n) is 8.02. The van der Waals surface area contributed by atoms with Crippen molar-refractivity contribution >= 4 is 34.1 Å². The van der Waals surface area contributed by atoms with Gasteiger partial charge in [-0.15, -0.1) is 26.3 Å². The number of nitrogens with one attached hydrogen (secondary N) is 1. The second-order valence-electron chi connectivity index (χ2n) is 11.9. The molecule has 0 saturated carbocycles. The number of aliphatic carboxylic acids is 1. The molecule has 0 aliphatic rings. The van der Waals surface area contributed by atoms with Gasteiger partial charge in [0.2, 0.25) is 5.91 Å². The van der Waals surface area contributed by atoms with Crippen molar-refractivity contribution in [1.82, 2.24) is 19.4 Å². The summed E-state index contributed by atoms with van der Waals surface area (Å²) >= 11 is 0. The zero-order valence-electron chi connectivity index (χ0n) is 30.7. The smallest absolute Gasteiger partial charge is 0.480 e. The van der Waals surface area contributed by atoms with Gasteiger partial charge in [0.05, 0.1) is 11.0 Å². The molecule has 2 N–H and O–H groups in total. The normalized spacial score (nSPS) is 11.3. The van der Waals surface area contributed by atoms with E-state index in [0.717, 1.165) is 23.2 Å². The minimum atomic E-state index is -4.77. The summed E-state index contributed by atoms with van der Waals surface area (Å²) in [6, 6.07) is 20.0. The number of amides is 1. The second kappa shape index (κ2) is 18.4. The van der Waals surface area contributed by atoms with E-state index in [1.807, 2.05) is 14.0 Å². The Morgan fingerprint density at radius 2 is 1.05 bits per heavy atom. The van der Waals surface area contributed by atoms with E-state index < -0.39 is 36.8 Å². The number of alkyl halides is 6. The molecule has 2 aromatic heterocycles. The molecular formula is C38H36F6N4O9. The standard InChI is InChI=1S/C19H17F3N2O4.C16H10F3NO5.C3H9N/c1-3-23(2)17(25)11-24-15-10-13(6-9-16(15)27-18(24)26)12-4-7-14(8-5-12)28-19(20,21)22;17-16(18,19)25-11-4-1-9(2-5-11)10-3-6-13-12(7-10)20(8-14(21)22)15(23)24-13;1-3-4-2/h4-10H,3,11H2,1-2H3;1-7H,8H2,(H,21,22);4H,3H2,1-2H3. The molecule has 0 unspecified atom stereocenters. The van der Waals surface area contributed by atoms with Crippen LogP contribution < -0.4 is 26.3 Å². The lowest BCUT2D eigenvalue weighted by molar-refractivity contribution is -0.275. The van der Waals surface area contributed by atoms with Crippen LogP contribution in [0.4, 0.5) is 26.3 Å². The summed E-state index contributed by atoms with van der Waals surface area (Å²) < 4.78 is 93.3. The molecule has 0 aliphatic carbocycles. The summed E-state index contributed by atoms with van der Waals surface area (Å²) in [7, 11) is 3.56. The van der Waals surface area contributed by atoms with Gasteiger partial charge in [-0.05, 0) is 91.3 Å². The van der Waals surface area contributed by atoms with Crippen LogP contribution in [0.2, 0.25) is 0 Å². The van der Waals surface area contributed by atoms with Gasteiger partial charge in [-0.1, -0.05) is 43.3 Å². The van der Waals surface area contributed by atoms with Crippen molar-refractivity contribution in [2.75, 3.05) is 27.2 Å². The predicted octanol–water partition coefficient (Wildman–Crippen LogP) is 7.11. The highest BCUT2D eigenvalue weighted by atomic mass is 19.4. The number of ether oxygens (including phenoxy) is 2. The predicted molar refractivity (Wildman–Crippen MR) is 196 cm³/mol. The van der Waals surface area contributed by atoms with E-state index in [1.54, 1.807) is 31.3 Å². The molecule has 57 heavy (non-hydrogen) atoms. The van der Waals surface area contributed by atoms with Crippen LogP contribution in [0, 0.1) is 0 Å². The highest BCUT2D eigenvalue weighted by Crippen LogP contribution is 2.30. The number of aromatic nitrogens is 2. The lowest BCUT2D eigenvalue weighted by Gasteiger charge is -2.14. The van der Waals surface area contributed by atoms with Crippen molar-refractivity contribution in [3.8, 4) is 33.8 Å². The van der Waals surface area contributed by atoms with Gasteiger partial charge in [-0.2, -0.15) is 0 Å². The van der Waals surface area contributed by atoms with Gasteiger partial charge >= 0.3 is 30.2 Å². The monoisotopic (exact) mass is 806 g/mol. The Bertz CT molecular complexity index is 2410. The van der Waals surface area contributed by atoms with Crippen LogP contribution in [0.3, 0.4) is 0 Å². The fourth-order valence-electron chi connectivity index (χ4n) is 5.05. The molecular weight excluding hydrogens is 770 g/mol. The van der Waals surface area contributed by atoms with Crippen molar-refractivity contribution in [2.45, 2.75) is 39.7 Å². The van der Waals surface area contributed by atoms with E-state index in [9.17, 15) is 45.5 Å². The van der Waals surface area contributed by atoms with Crippen molar-refractivity contribution in [3.05, 3.63) is 106 Å². The number of carbonyl (C=O) groups is 2. The van der Waals surface area contributed by atoms with Crippen LogP contribution in [0.25, 0.3) is 44.5 Å². The number of carboxylic acid groups (broad SMARTS) is 1. The van der Waals surface area contributed by atoms with Crippen LogP contribution in [0.15, 0.2) is 103 Å². The van der Waals surface area contributed by atoms with Gasteiger partial charge in [0, 0.05) is 13.6 Å². The van der Waals surface area contributed by atoms with Crippen molar-refractivity contribution < 1.29 is 59.3 Å². The molecule has 13 nitrogen and oxygen atoms in total. The first-order chi connectivity index (χ1) is 26.8. The Morgan fingerprint density at radius 1 is 0.684 bits per heavy atom. The SMILES string of the molecule is CCN(C)C(=O)Cn1c(=O)oc2ccc(-c3ccc(OC(F)(F)F)cc3)cc21.CCNC.O=C(O)Cn1c(=O)oc2ccc(-c3ccc(OC(F)(F)F)cc3)cc21. The third kappa shape index (κ3) is 12.0. The molecule has 0 aliphatic heterocycles. The Balaban J connectivity index is 0.000000232. The molecule has 0 fully saturated rings. The summed E-state index contributed by atoms with van der Waals surface area (Å²) in [5.41, 5.74) is 3.64. The number of benzene rings is 4. The number of rotatable bonds is 10. The van der Waals surface area contributed by atoms with E-state index >= 15 is 0 Å². The number of likely N-dealkylation sites (N-methyl/N-ethyl adjacent to an activating group) is 1. The van der Waals surface area contributed by atoms with E-state index in [1.165, 1.54) is 58.0 Å². The molecule has 19 heteroatoms. The van der Waals surface area contributed by atoms with Crippen LogP contribution in [-0.2, 0) is 22.7 Å². The Kier molecular flexibility index (Phi) is 14.0. The molecule has 6 rings (SSSR count). The first-order valence-corrected chi connectivity index (χ1v) is 16.9. The molecule has 0 spiro atoms.